The molecule has 0 radical (unpaired) electrons. The van der Waals surface area contributed by atoms with Crippen LogP contribution in [0.1, 0.15) is 46.5 Å². The number of ether oxygens (including phenoxy) is 2. The molecule has 0 spiro atoms. The Kier molecular flexibility index (Phi) is 8.95. The van der Waals surface area contributed by atoms with Gasteiger partial charge in [0, 0.05) is 5.56 Å². The topological polar surface area (TPSA) is 111 Å². The van der Waals surface area contributed by atoms with Crippen LogP contribution >= 0.6 is 0 Å². The van der Waals surface area contributed by atoms with E-state index in [0.29, 0.717) is 12.0 Å². The fourth-order valence-corrected chi connectivity index (χ4v) is 3.02. The van der Waals surface area contributed by atoms with Gasteiger partial charge in [-0.2, -0.15) is 0 Å². The summed E-state index contributed by atoms with van der Waals surface area (Å²) in [6, 6.07) is 12.6. The van der Waals surface area contributed by atoms with Gasteiger partial charge in [-0.1, -0.05) is 43.7 Å². The van der Waals surface area contributed by atoms with E-state index in [1.165, 1.54) is 13.2 Å². The van der Waals surface area contributed by atoms with E-state index in [9.17, 15) is 19.2 Å². The monoisotopic (exact) mass is 440 g/mol. The SMILES string of the molecule is COC(=O)C(CC(C)C)NC(=O)COC(=O)c1ccccc1NC(=O)c1cccc(C)c1. The maximum Gasteiger partial charge on any atom is 0.340 e. The summed E-state index contributed by atoms with van der Waals surface area (Å²) in [7, 11) is 1.24. The summed E-state index contributed by atoms with van der Waals surface area (Å²) in [5.41, 5.74) is 1.75. The van der Waals surface area contributed by atoms with E-state index in [2.05, 4.69) is 10.6 Å². The number of anilines is 1. The molecule has 2 rings (SSSR count). The fourth-order valence-electron chi connectivity index (χ4n) is 3.02. The number of hydrogen-bond acceptors (Lipinski definition) is 6. The van der Waals surface area contributed by atoms with E-state index in [1.54, 1.807) is 36.4 Å². The molecular formula is C24H28N2O6. The van der Waals surface area contributed by atoms with Crippen molar-refractivity contribution in [1.82, 2.24) is 5.32 Å². The van der Waals surface area contributed by atoms with Crippen molar-refractivity contribution in [1.29, 1.82) is 0 Å². The van der Waals surface area contributed by atoms with Gasteiger partial charge in [0.15, 0.2) is 6.61 Å². The lowest BCUT2D eigenvalue weighted by atomic mass is 10.0. The van der Waals surface area contributed by atoms with Crippen molar-refractivity contribution in [3.63, 3.8) is 0 Å². The van der Waals surface area contributed by atoms with Gasteiger partial charge in [-0.15, -0.1) is 0 Å². The number of carbonyl (C=O) groups excluding carboxylic acids is 4. The first-order valence-corrected chi connectivity index (χ1v) is 10.2. The molecule has 2 aromatic carbocycles. The van der Waals surface area contributed by atoms with Crippen LogP contribution in [0.5, 0.6) is 0 Å². The molecule has 8 nitrogen and oxygen atoms in total. The average Bonchev–Trinajstić information content (AvgIpc) is 2.76. The van der Waals surface area contributed by atoms with Gasteiger partial charge in [0.1, 0.15) is 6.04 Å². The maximum absolute atomic E-state index is 12.6. The first-order valence-electron chi connectivity index (χ1n) is 10.2. The van der Waals surface area contributed by atoms with E-state index in [0.717, 1.165) is 5.56 Å². The normalized spacial score (nSPS) is 11.4. The molecule has 32 heavy (non-hydrogen) atoms. The van der Waals surface area contributed by atoms with Crippen LogP contribution < -0.4 is 10.6 Å². The number of rotatable bonds is 9. The fraction of sp³-hybridized carbons (Fsp3) is 0.333. The van der Waals surface area contributed by atoms with Crippen molar-refractivity contribution >= 4 is 29.4 Å². The quantitative estimate of drug-likeness (QED) is 0.580. The molecule has 1 atom stereocenters. The van der Waals surface area contributed by atoms with Gasteiger partial charge in [-0.3, -0.25) is 9.59 Å². The highest BCUT2D eigenvalue weighted by atomic mass is 16.5. The lowest BCUT2D eigenvalue weighted by Gasteiger charge is -2.18. The molecular weight excluding hydrogens is 412 g/mol. The van der Waals surface area contributed by atoms with Crippen LogP contribution in [-0.4, -0.2) is 43.5 Å². The second kappa shape index (κ2) is 11.6. The number of esters is 2. The number of aryl methyl sites for hydroxylation is 1. The summed E-state index contributed by atoms with van der Waals surface area (Å²) in [6.45, 7) is 5.11. The predicted molar refractivity (Wildman–Crippen MR) is 119 cm³/mol. The summed E-state index contributed by atoms with van der Waals surface area (Å²) < 4.78 is 9.81. The predicted octanol–water partition coefficient (Wildman–Crippen LogP) is 3.11. The number of nitrogens with one attached hydrogen (secondary N) is 2. The number of amides is 2. The number of methoxy groups -OCH3 is 1. The average molecular weight is 440 g/mol. The summed E-state index contributed by atoms with van der Waals surface area (Å²) in [5, 5.41) is 5.22. The van der Waals surface area contributed by atoms with Gasteiger partial charge in [0.2, 0.25) is 0 Å². The molecule has 0 aromatic heterocycles. The minimum absolute atomic E-state index is 0.105. The molecule has 2 N–H and O–H groups in total. The molecule has 0 aliphatic carbocycles. The van der Waals surface area contributed by atoms with Crippen molar-refractivity contribution < 1.29 is 28.7 Å². The lowest BCUT2D eigenvalue weighted by molar-refractivity contribution is -0.145. The van der Waals surface area contributed by atoms with Crippen LogP contribution in [0, 0.1) is 12.8 Å². The molecule has 0 saturated carbocycles. The van der Waals surface area contributed by atoms with Crippen molar-refractivity contribution in [3.8, 4) is 0 Å². The van der Waals surface area contributed by atoms with Crippen molar-refractivity contribution in [2.75, 3.05) is 19.0 Å². The molecule has 0 bridgehead atoms. The van der Waals surface area contributed by atoms with Crippen LogP contribution in [0.25, 0.3) is 0 Å². The number of hydrogen-bond donors (Lipinski definition) is 2. The summed E-state index contributed by atoms with van der Waals surface area (Å²) in [4.78, 5) is 49.1. The third-order valence-corrected chi connectivity index (χ3v) is 4.54. The molecule has 170 valence electrons. The third-order valence-electron chi connectivity index (χ3n) is 4.54. The van der Waals surface area contributed by atoms with Gasteiger partial charge in [0.25, 0.3) is 11.8 Å². The Morgan fingerprint density at radius 2 is 1.72 bits per heavy atom. The molecule has 1 unspecified atom stereocenters. The third kappa shape index (κ3) is 7.23. The number of carbonyl (C=O) groups is 4. The van der Waals surface area contributed by atoms with Gasteiger partial charge in [-0.05, 0) is 43.5 Å². The van der Waals surface area contributed by atoms with E-state index in [4.69, 9.17) is 9.47 Å². The smallest absolute Gasteiger partial charge is 0.340 e. The highest BCUT2D eigenvalue weighted by molar-refractivity contribution is 6.08. The van der Waals surface area contributed by atoms with Crippen LogP contribution in [0.15, 0.2) is 48.5 Å². The van der Waals surface area contributed by atoms with E-state index in [1.807, 2.05) is 26.8 Å². The zero-order valence-electron chi connectivity index (χ0n) is 18.6. The molecule has 8 heteroatoms. The first kappa shape index (κ1) is 24.6. The standard InChI is InChI=1S/C24H28N2O6/c1-15(2)12-20(24(30)31-4)25-21(27)14-32-23(29)18-10-5-6-11-19(18)26-22(28)17-9-7-8-16(3)13-17/h5-11,13,15,20H,12,14H2,1-4H3,(H,25,27)(H,26,28). The van der Waals surface area contributed by atoms with Gasteiger partial charge < -0.3 is 20.1 Å². The number of benzene rings is 2. The van der Waals surface area contributed by atoms with Crippen molar-refractivity contribution in [2.24, 2.45) is 5.92 Å². The highest BCUT2D eigenvalue weighted by Crippen LogP contribution is 2.18. The molecule has 0 fully saturated rings. The summed E-state index contributed by atoms with van der Waals surface area (Å²) >= 11 is 0. The maximum atomic E-state index is 12.6. The van der Waals surface area contributed by atoms with Crippen molar-refractivity contribution in [2.45, 2.75) is 33.2 Å². The Labute approximate surface area is 187 Å². The van der Waals surface area contributed by atoms with E-state index < -0.39 is 30.5 Å². The van der Waals surface area contributed by atoms with Crippen LogP contribution in [-0.2, 0) is 19.1 Å². The second-order valence-electron chi connectivity index (χ2n) is 7.72. The molecule has 0 saturated heterocycles. The lowest BCUT2D eigenvalue weighted by Crippen LogP contribution is -2.44. The molecule has 0 aliphatic rings. The van der Waals surface area contributed by atoms with E-state index >= 15 is 0 Å². The van der Waals surface area contributed by atoms with Gasteiger partial charge >= 0.3 is 11.9 Å². The van der Waals surface area contributed by atoms with Crippen LogP contribution in [0.2, 0.25) is 0 Å². The Bertz CT molecular complexity index is 986. The molecule has 2 amide bonds. The second-order valence-corrected chi connectivity index (χ2v) is 7.72. The Hall–Kier alpha value is -3.68. The minimum Gasteiger partial charge on any atom is -0.467 e. The summed E-state index contributed by atoms with van der Waals surface area (Å²) in [6.07, 6.45) is 0.389. The zero-order chi connectivity index (χ0) is 23.7. The minimum atomic E-state index is -0.827. The largest absolute Gasteiger partial charge is 0.467 e. The number of para-hydroxylation sites is 1. The molecule has 2 aromatic rings. The first-order chi connectivity index (χ1) is 15.2. The zero-order valence-corrected chi connectivity index (χ0v) is 18.6. The Morgan fingerprint density at radius 1 is 1.00 bits per heavy atom. The highest BCUT2D eigenvalue weighted by Gasteiger charge is 2.23. The van der Waals surface area contributed by atoms with Crippen LogP contribution in [0.3, 0.4) is 0 Å². The van der Waals surface area contributed by atoms with E-state index in [-0.39, 0.29) is 23.1 Å². The van der Waals surface area contributed by atoms with Crippen LogP contribution in [0.4, 0.5) is 5.69 Å². The van der Waals surface area contributed by atoms with Gasteiger partial charge in [-0.25, -0.2) is 9.59 Å². The molecule has 0 aliphatic heterocycles. The van der Waals surface area contributed by atoms with Gasteiger partial charge in [0.05, 0.1) is 18.4 Å². The summed E-state index contributed by atoms with van der Waals surface area (Å²) in [5.74, 6) is -2.20. The Morgan fingerprint density at radius 3 is 2.38 bits per heavy atom. The molecule has 0 heterocycles. The Balaban J connectivity index is 2.02. The van der Waals surface area contributed by atoms with Crippen molar-refractivity contribution in [3.05, 3.63) is 65.2 Å².